The summed E-state index contributed by atoms with van der Waals surface area (Å²) in [5, 5.41) is 6.07. The molecule has 2 amide bonds. The topological polar surface area (TPSA) is 202 Å². The fraction of sp³-hybridized carbons (Fsp3) is 0.273. The maximum absolute atomic E-state index is 12.8. The molecule has 0 bridgehead atoms. The van der Waals surface area contributed by atoms with Crippen molar-refractivity contribution in [2.24, 2.45) is 11.8 Å². The number of hydrogen-bond donors (Lipinski definition) is 8. The normalized spacial score (nSPS) is 21.2. The Balaban J connectivity index is 1.40. The van der Waals surface area contributed by atoms with Crippen LogP contribution in [-0.4, -0.2) is 44.8 Å². The average Bonchev–Trinajstić information content (AvgIpc) is 3.63. The lowest BCUT2D eigenvalue weighted by atomic mass is 9.54. The van der Waals surface area contributed by atoms with Crippen LogP contribution in [0.3, 0.4) is 0 Å². The van der Waals surface area contributed by atoms with Crippen LogP contribution in [0, 0.1) is 11.8 Å². The molecule has 12 nitrogen and oxygen atoms in total. The van der Waals surface area contributed by atoms with Gasteiger partial charge in [-0.2, -0.15) is 0 Å². The van der Waals surface area contributed by atoms with Crippen molar-refractivity contribution in [3.8, 4) is 0 Å². The highest BCUT2D eigenvalue weighted by Crippen LogP contribution is 2.56. The Morgan fingerprint density at radius 3 is 1.53 bits per heavy atom. The number of anilines is 2. The fourth-order valence-corrected chi connectivity index (χ4v) is 5.75. The lowest BCUT2D eigenvalue weighted by molar-refractivity contribution is -0.359. The van der Waals surface area contributed by atoms with Crippen molar-refractivity contribution in [3.05, 3.63) is 68.6 Å². The van der Waals surface area contributed by atoms with Gasteiger partial charge < -0.3 is 20.6 Å². The maximum atomic E-state index is 12.8. The van der Waals surface area contributed by atoms with Crippen LogP contribution in [0.1, 0.15) is 44.2 Å². The fourth-order valence-electron chi connectivity index (χ4n) is 5.06. The number of halogens is 2. The van der Waals surface area contributed by atoms with E-state index in [1.165, 1.54) is 0 Å². The number of amides is 2. The Labute approximate surface area is 222 Å². The Hall–Kier alpha value is -3.52. The van der Waals surface area contributed by atoms with Crippen molar-refractivity contribution >= 4 is 55.6 Å². The quantitative estimate of drug-likeness (QED) is 0.146. The van der Waals surface area contributed by atoms with Gasteiger partial charge in [0.15, 0.2) is 0 Å². The molecule has 4 aromatic rings. The molecule has 0 saturated heterocycles. The standard InChI is InChI=1S/C22H24Br2N10O2/c23-9-1-13(27-3-9)19(35)29-5-11-12(6-30-20(36)14-2-10(24)4-28-14)18(16-8-32-22(26)34-16)17(11)15-7-31-21(25)33-15/h1-4,7-8,11-12,17-18,27-28H,5-6H2,(H,29,35)(H,30,36)(H3,25,31,33)(H3,26,32,34)/p+2. The number of nitrogen functional groups attached to an aromatic ring is 2. The minimum absolute atomic E-state index is 0.0102. The summed E-state index contributed by atoms with van der Waals surface area (Å²) in [7, 11) is 0. The number of H-pyrrole nitrogens is 6. The van der Waals surface area contributed by atoms with E-state index >= 15 is 0 Å². The van der Waals surface area contributed by atoms with E-state index in [4.69, 9.17) is 11.5 Å². The third-order valence-corrected chi connectivity index (χ3v) is 7.60. The first-order chi connectivity index (χ1) is 17.3. The second-order valence-electron chi connectivity index (χ2n) is 8.83. The van der Waals surface area contributed by atoms with Gasteiger partial charge in [0.1, 0.15) is 22.8 Å². The third-order valence-electron chi connectivity index (χ3n) is 6.68. The number of nitrogens with one attached hydrogen (secondary N) is 8. The molecule has 12 N–H and O–H groups in total. The van der Waals surface area contributed by atoms with Crippen LogP contribution in [0.5, 0.6) is 0 Å². The largest absolute Gasteiger partial charge is 0.356 e. The maximum Gasteiger partial charge on any atom is 0.350 e. The van der Waals surface area contributed by atoms with Gasteiger partial charge in [-0.05, 0) is 55.8 Å². The van der Waals surface area contributed by atoms with Crippen LogP contribution in [0.25, 0.3) is 0 Å². The zero-order chi connectivity index (χ0) is 25.4. The van der Waals surface area contributed by atoms with Crippen LogP contribution in [0.4, 0.5) is 11.9 Å². The van der Waals surface area contributed by atoms with Crippen LogP contribution in [0.15, 0.2) is 45.9 Å². The van der Waals surface area contributed by atoms with Crippen LogP contribution < -0.4 is 32.1 Å². The minimum atomic E-state index is -0.211. The number of hydrogen-bond acceptors (Lipinski definition) is 4. The molecule has 36 heavy (non-hydrogen) atoms. The van der Waals surface area contributed by atoms with Crippen LogP contribution in [0.2, 0.25) is 0 Å². The van der Waals surface area contributed by atoms with E-state index in [-0.39, 0.29) is 35.5 Å². The van der Waals surface area contributed by atoms with E-state index in [9.17, 15) is 9.59 Å². The number of rotatable bonds is 8. The second kappa shape index (κ2) is 9.85. The zero-order valence-corrected chi connectivity index (χ0v) is 22.1. The molecule has 4 aromatic heterocycles. The van der Waals surface area contributed by atoms with Gasteiger partial charge in [0.25, 0.3) is 11.8 Å². The Morgan fingerprint density at radius 1 is 0.806 bits per heavy atom. The van der Waals surface area contributed by atoms with Gasteiger partial charge in [0.05, 0.1) is 12.4 Å². The summed E-state index contributed by atoms with van der Waals surface area (Å²) in [5.41, 5.74) is 14.6. The van der Waals surface area contributed by atoms with Gasteiger partial charge in [-0.1, -0.05) is 0 Å². The predicted molar refractivity (Wildman–Crippen MR) is 138 cm³/mol. The molecule has 5 rings (SSSR count). The molecule has 1 fully saturated rings. The summed E-state index contributed by atoms with van der Waals surface area (Å²) in [6, 6.07) is 3.45. The molecule has 4 atom stereocenters. The summed E-state index contributed by atoms with van der Waals surface area (Å²) in [5.74, 6) is 0.384. The van der Waals surface area contributed by atoms with Gasteiger partial charge in [-0.15, -0.1) is 0 Å². The Morgan fingerprint density at radius 2 is 1.22 bits per heavy atom. The molecule has 0 aromatic carbocycles. The monoisotopic (exact) mass is 620 g/mol. The van der Waals surface area contributed by atoms with Gasteiger partial charge in [-0.3, -0.25) is 21.1 Å². The van der Waals surface area contributed by atoms with E-state index in [2.05, 4.69) is 72.4 Å². The lowest BCUT2D eigenvalue weighted by Gasteiger charge is -2.50. The molecule has 1 saturated carbocycles. The van der Waals surface area contributed by atoms with Crippen molar-refractivity contribution in [2.45, 2.75) is 11.8 Å². The van der Waals surface area contributed by atoms with Crippen molar-refractivity contribution in [2.75, 3.05) is 24.6 Å². The number of aromatic nitrogens is 6. The molecule has 0 aliphatic heterocycles. The van der Waals surface area contributed by atoms with Crippen molar-refractivity contribution < 1.29 is 19.6 Å². The molecule has 1 aliphatic carbocycles. The molecule has 1 aliphatic rings. The molecular formula is C22H26Br2N10O2+2. The summed E-state index contributed by atoms with van der Waals surface area (Å²) in [4.78, 5) is 43.8. The lowest BCUT2D eigenvalue weighted by Crippen LogP contribution is -2.53. The van der Waals surface area contributed by atoms with Gasteiger partial charge in [0, 0.05) is 46.3 Å². The van der Waals surface area contributed by atoms with Gasteiger partial charge in [-0.25, -0.2) is 19.9 Å². The van der Waals surface area contributed by atoms with E-state index in [0.29, 0.717) is 36.4 Å². The average molecular weight is 622 g/mol. The highest BCUT2D eigenvalue weighted by atomic mass is 79.9. The molecule has 0 spiro atoms. The second-order valence-corrected chi connectivity index (χ2v) is 10.7. The predicted octanol–water partition coefficient (Wildman–Crippen LogP) is 1.29. The minimum Gasteiger partial charge on any atom is -0.356 e. The zero-order valence-electron chi connectivity index (χ0n) is 18.9. The number of aromatic amines is 6. The summed E-state index contributed by atoms with van der Waals surface area (Å²) >= 11 is 6.71. The number of nitrogens with two attached hydrogens (primary N) is 2. The van der Waals surface area contributed by atoms with Crippen LogP contribution >= 0.6 is 31.9 Å². The van der Waals surface area contributed by atoms with Gasteiger partial charge in [0.2, 0.25) is 0 Å². The van der Waals surface area contributed by atoms with E-state index in [1.54, 1.807) is 24.5 Å². The van der Waals surface area contributed by atoms with Gasteiger partial charge >= 0.3 is 11.9 Å². The summed E-state index contributed by atoms with van der Waals surface area (Å²) < 4.78 is 1.59. The molecule has 0 radical (unpaired) electrons. The number of imidazole rings is 2. The molecule has 188 valence electrons. The summed E-state index contributed by atoms with van der Waals surface area (Å²) in [6.07, 6.45) is 7.09. The van der Waals surface area contributed by atoms with E-state index < -0.39 is 0 Å². The van der Waals surface area contributed by atoms with Crippen molar-refractivity contribution in [1.29, 1.82) is 0 Å². The highest BCUT2D eigenvalue weighted by Gasteiger charge is 2.54. The molecular weight excluding hydrogens is 596 g/mol. The first-order valence-electron chi connectivity index (χ1n) is 11.3. The first-order valence-corrected chi connectivity index (χ1v) is 12.8. The Kier molecular flexibility index (Phi) is 6.62. The third kappa shape index (κ3) is 4.78. The van der Waals surface area contributed by atoms with Crippen LogP contribution in [-0.2, 0) is 0 Å². The Bertz CT molecular complexity index is 1280. The molecule has 14 heteroatoms. The SMILES string of the molecule is Nc1[nH]c(C2C(CNC(=O)c3cc(Br)c[nH]3)C(CNC(=O)c3cc(Br)c[nH]3)C2c2c[nH+]c(N)[nH]2)c[nH+]1. The first kappa shape index (κ1) is 24.2. The number of carbonyl (C=O) groups excluding carboxylic acids is 2. The van der Waals surface area contributed by atoms with E-state index in [1.807, 2.05) is 12.4 Å². The van der Waals surface area contributed by atoms with Crippen molar-refractivity contribution in [1.82, 2.24) is 30.6 Å². The molecule has 4 heterocycles. The molecule has 4 unspecified atom stereocenters. The summed E-state index contributed by atoms with van der Waals surface area (Å²) in [6.45, 7) is 0.786. The van der Waals surface area contributed by atoms with E-state index in [0.717, 1.165) is 20.3 Å². The van der Waals surface area contributed by atoms with Crippen molar-refractivity contribution in [3.63, 3.8) is 0 Å². The smallest absolute Gasteiger partial charge is 0.350 e. The number of carbonyl (C=O) groups is 2. The highest BCUT2D eigenvalue weighted by molar-refractivity contribution is 9.10.